The van der Waals surface area contributed by atoms with Crippen LogP contribution in [-0.2, 0) is 4.79 Å². The van der Waals surface area contributed by atoms with Crippen LogP contribution in [0.4, 0.5) is 4.79 Å². The summed E-state index contributed by atoms with van der Waals surface area (Å²) in [5, 5.41) is 12.2. The number of nitrogens with one attached hydrogen (secondary N) is 1. The van der Waals surface area contributed by atoms with Gasteiger partial charge in [-0.05, 0) is 38.3 Å². The van der Waals surface area contributed by atoms with Gasteiger partial charge >= 0.3 is 12.0 Å². The van der Waals surface area contributed by atoms with E-state index in [0.717, 1.165) is 32.4 Å². The molecule has 1 aliphatic heterocycles. The third-order valence-corrected chi connectivity index (χ3v) is 4.71. The van der Waals surface area contributed by atoms with Crippen LogP contribution in [0, 0.1) is 11.8 Å². The molecule has 3 unspecified atom stereocenters. The molecule has 6 heteroatoms. The highest BCUT2D eigenvalue weighted by Crippen LogP contribution is 2.42. The molecular formula is C14H25N3O3. The number of carbonyl (C=O) groups is 2. The van der Waals surface area contributed by atoms with Gasteiger partial charge < -0.3 is 20.2 Å². The molecular weight excluding hydrogens is 258 g/mol. The highest BCUT2D eigenvalue weighted by molar-refractivity contribution is 5.83. The van der Waals surface area contributed by atoms with Crippen LogP contribution in [0.25, 0.3) is 0 Å². The largest absolute Gasteiger partial charge is 0.480 e. The molecule has 2 fully saturated rings. The molecule has 2 N–H and O–H groups in total. The van der Waals surface area contributed by atoms with Crippen molar-refractivity contribution in [2.45, 2.75) is 32.2 Å². The highest BCUT2D eigenvalue weighted by atomic mass is 16.4. The first-order chi connectivity index (χ1) is 9.54. The fraction of sp³-hybridized carbons (Fsp3) is 0.857. The van der Waals surface area contributed by atoms with E-state index < -0.39 is 12.0 Å². The summed E-state index contributed by atoms with van der Waals surface area (Å²) in [4.78, 5) is 27.3. The molecule has 1 heterocycles. The van der Waals surface area contributed by atoms with Gasteiger partial charge in [-0.25, -0.2) is 9.59 Å². The van der Waals surface area contributed by atoms with Gasteiger partial charge in [-0.3, -0.25) is 0 Å². The third kappa shape index (κ3) is 3.06. The predicted molar refractivity (Wildman–Crippen MR) is 75.5 cm³/mol. The van der Waals surface area contributed by atoms with Crippen molar-refractivity contribution in [3.63, 3.8) is 0 Å². The molecule has 1 aliphatic carbocycles. The first-order valence-corrected chi connectivity index (χ1v) is 7.50. The molecule has 6 nitrogen and oxygen atoms in total. The first-order valence-electron chi connectivity index (χ1n) is 7.50. The van der Waals surface area contributed by atoms with E-state index in [1.807, 2.05) is 7.05 Å². The molecule has 0 spiro atoms. The Morgan fingerprint density at radius 1 is 1.40 bits per heavy atom. The summed E-state index contributed by atoms with van der Waals surface area (Å²) >= 11 is 0. The van der Waals surface area contributed by atoms with E-state index >= 15 is 0 Å². The first kappa shape index (κ1) is 15.1. The summed E-state index contributed by atoms with van der Waals surface area (Å²) in [6, 6.07) is -0.859. The van der Waals surface area contributed by atoms with E-state index in [1.165, 1.54) is 4.90 Å². The fourth-order valence-corrected chi connectivity index (χ4v) is 3.44. The Bertz CT molecular complexity index is 375. The van der Waals surface area contributed by atoms with Crippen molar-refractivity contribution < 1.29 is 14.7 Å². The number of likely N-dealkylation sites (N-methyl/N-ethyl adjacent to an activating group) is 1. The van der Waals surface area contributed by atoms with Crippen molar-refractivity contribution in [2.75, 3.05) is 33.2 Å². The van der Waals surface area contributed by atoms with Crippen LogP contribution in [0.1, 0.15) is 26.2 Å². The van der Waals surface area contributed by atoms with Crippen LogP contribution < -0.4 is 5.32 Å². The van der Waals surface area contributed by atoms with Crippen LogP contribution in [0.5, 0.6) is 0 Å². The lowest BCUT2D eigenvalue weighted by atomic mass is 9.94. The van der Waals surface area contributed by atoms with Gasteiger partial charge in [0.2, 0.25) is 0 Å². The fourth-order valence-electron chi connectivity index (χ4n) is 3.44. The van der Waals surface area contributed by atoms with Gasteiger partial charge in [0.1, 0.15) is 6.04 Å². The van der Waals surface area contributed by atoms with E-state index in [9.17, 15) is 14.7 Å². The lowest BCUT2D eigenvalue weighted by molar-refractivity contribution is -0.142. The summed E-state index contributed by atoms with van der Waals surface area (Å²) in [7, 11) is 1.99. The number of hydrogen-bond acceptors (Lipinski definition) is 3. The molecule has 3 atom stereocenters. The predicted octanol–water partition coefficient (Wildman–Crippen LogP) is 0.833. The molecule has 0 radical (unpaired) electrons. The summed E-state index contributed by atoms with van der Waals surface area (Å²) in [5.41, 5.74) is 0. The number of rotatable bonds is 5. The van der Waals surface area contributed by atoms with Crippen molar-refractivity contribution in [3.8, 4) is 0 Å². The Hall–Kier alpha value is -1.30. The van der Waals surface area contributed by atoms with Crippen LogP contribution in [0.2, 0.25) is 0 Å². The summed E-state index contributed by atoms with van der Waals surface area (Å²) in [5.74, 6) is -0.336. The lowest BCUT2D eigenvalue weighted by Crippen LogP contribution is -2.49. The molecule has 20 heavy (non-hydrogen) atoms. The topological polar surface area (TPSA) is 72.9 Å². The monoisotopic (exact) mass is 283 g/mol. The molecule has 0 bridgehead atoms. The number of amides is 2. The summed E-state index contributed by atoms with van der Waals surface area (Å²) < 4.78 is 0. The van der Waals surface area contributed by atoms with Gasteiger partial charge in [0.15, 0.2) is 0 Å². The van der Waals surface area contributed by atoms with Crippen LogP contribution in [-0.4, -0.2) is 66.2 Å². The second-order valence-electron chi connectivity index (χ2n) is 5.92. The zero-order valence-electron chi connectivity index (χ0n) is 12.3. The smallest absolute Gasteiger partial charge is 0.326 e. The zero-order valence-corrected chi connectivity index (χ0v) is 12.3. The number of carbonyl (C=O) groups excluding carboxylic acids is 1. The van der Waals surface area contributed by atoms with E-state index in [-0.39, 0.29) is 11.9 Å². The normalized spacial score (nSPS) is 28.8. The quantitative estimate of drug-likeness (QED) is 0.784. The maximum atomic E-state index is 12.2. The number of nitrogens with zero attached hydrogens (tertiary/aromatic N) is 2. The molecule has 1 saturated heterocycles. The molecule has 0 aromatic carbocycles. The molecule has 0 aromatic rings. The van der Waals surface area contributed by atoms with Crippen molar-refractivity contribution >= 4 is 12.0 Å². The molecule has 0 aromatic heterocycles. The standard InChI is InChI=1S/C14H25N3O3/c1-3-16(2)8-7-15-14(20)17-9-10-5-4-6-11(10)12(17)13(18)19/h10-12H,3-9H2,1-2H3,(H,15,20)(H,18,19). The van der Waals surface area contributed by atoms with Crippen molar-refractivity contribution in [1.29, 1.82) is 0 Å². The minimum absolute atomic E-state index is 0.150. The number of carboxylic acid groups (broad SMARTS) is 1. The maximum absolute atomic E-state index is 12.2. The minimum Gasteiger partial charge on any atom is -0.480 e. The van der Waals surface area contributed by atoms with Gasteiger partial charge in [-0.15, -0.1) is 0 Å². The second kappa shape index (κ2) is 6.43. The Balaban J connectivity index is 1.90. The molecule has 2 aliphatic rings. The van der Waals surface area contributed by atoms with Crippen LogP contribution in [0.15, 0.2) is 0 Å². The van der Waals surface area contributed by atoms with Gasteiger partial charge in [0.25, 0.3) is 0 Å². The average Bonchev–Trinajstić information content (AvgIpc) is 2.97. The van der Waals surface area contributed by atoms with E-state index in [1.54, 1.807) is 0 Å². The Labute approximate surface area is 120 Å². The second-order valence-corrected chi connectivity index (χ2v) is 5.92. The molecule has 2 rings (SSSR count). The van der Waals surface area contributed by atoms with Crippen LogP contribution in [0.3, 0.4) is 0 Å². The Morgan fingerprint density at radius 3 is 2.80 bits per heavy atom. The lowest BCUT2D eigenvalue weighted by Gasteiger charge is -2.25. The van der Waals surface area contributed by atoms with Crippen LogP contribution >= 0.6 is 0 Å². The Kier molecular flexibility index (Phi) is 4.86. The zero-order chi connectivity index (χ0) is 14.7. The van der Waals surface area contributed by atoms with E-state index in [4.69, 9.17) is 0 Å². The minimum atomic E-state index is -0.861. The number of urea groups is 1. The number of carboxylic acids is 1. The number of hydrogen-bond donors (Lipinski definition) is 2. The van der Waals surface area contributed by atoms with Crippen molar-refractivity contribution in [3.05, 3.63) is 0 Å². The van der Waals surface area contributed by atoms with Gasteiger partial charge in [-0.2, -0.15) is 0 Å². The number of likely N-dealkylation sites (tertiary alicyclic amines) is 1. The van der Waals surface area contributed by atoms with Gasteiger partial charge in [0, 0.05) is 19.6 Å². The number of fused-ring (bicyclic) bond motifs is 1. The maximum Gasteiger partial charge on any atom is 0.326 e. The SMILES string of the molecule is CCN(C)CCNC(=O)N1CC2CCCC2C1C(=O)O. The Morgan fingerprint density at radius 2 is 2.15 bits per heavy atom. The van der Waals surface area contributed by atoms with E-state index in [0.29, 0.717) is 19.0 Å². The molecule has 114 valence electrons. The molecule has 2 amide bonds. The van der Waals surface area contributed by atoms with E-state index in [2.05, 4.69) is 17.1 Å². The average molecular weight is 283 g/mol. The molecule has 1 saturated carbocycles. The van der Waals surface area contributed by atoms with Crippen molar-refractivity contribution in [2.24, 2.45) is 11.8 Å². The summed E-state index contributed by atoms with van der Waals surface area (Å²) in [6.45, 7) is 4.92. The summed E-state index contributed by atoms with van der Waals surface area (Å²) in [6.07, 6.45) is 3.08. The van der Waals surface area contributed by atoms with Gasteiger partial charge in [0.05, 0.1) is 0 Å². The van der Waals surface area contributed by atoms with Crippen molar-refractivity contribution in [1.82, 2.24) is 15.1 Å². The number of aliphatic carboxylic acids is 1. The van der Waals surface area contributed by atoms with Gasteiger partial charge in [-0.1, -0.05) is 13.3 Å². The third-order valence-electron chi connectivity index (χ3n) is 4.71. The highest BCUT2D eigenvalue weighted by Gasteiger charge is 2.49.